The monoisotopic (exact) mass is 415 g/mol. The lowest BCUT2D eigenvalue weighted by Crippen LogP contribution is -2.50. The third-order valence-electron chi connectivity index (χ3n) is 5.57. The van der Waals surface area contributed by atoms with Crippen LogP contribution in [-0.4, -0.2) is 72.1 Å². The van der Waals surface area contributed by atoms with Gasteiger partial charge in [-0.05, 0) is 30.7 Å². The first-order chi connectivity index (χ1) is 13.5. The number of benzene rings is 2. The Morgan fingerprint density at radius 1 is 0.862 bits per heavy atom. The zero-order valence-corrected chi connectivity index (χ0v) is 17.3. The number of carbonyl (C=O) groups is 2. The number of hydrogen-bond acceptors (Lipinski definition) is 5. The van der Waals surface area contributed by atoms with E-state index in [1.165, 1.54) is 16.2 Å². The summed E-state index contributed by atoms with van der Waals surface area (Å²) in [5, 5.41) is 10.5. The molecule has 0 spiro atoms. The minimum absolute atomic E-state index is 0. The smallest absolute Gasteiger partial charge is 0.261 e. The number of aliphatic hydroxyl groups is 1. The Labute approximate surface area is 177 Å². The second-order valence-corrected chi connectivity index (χ2v) is 7.49. The highest BCUT2D eigenvalue weighted by molar-refractivity contribution is 6.21. The van der Waals surface area contributed by atoms with Gasteiger partial charge in [-0.15, -0.1) is 12.4 Å². The zero-order chi connectivity index (χ0) is 19.7. The van der Waals surface area contributed by atoms with Crippen LogP contribution in [0, 0.1) is 6.92 Å². The number of para-hydroxylation sites is 1. The highest BCUT2D eigenvalue weighted by Crippen LogP contribution is 2.23. The molecule has 2 aromatic carbocycles. The van der Waals surface area contributed by atoms with Crippen molar-refractivity contribution in [1.29, 1.82) is 0 Å². The third kappa shape index (κ3) is 4.29. The first-order valence-corrected chi connectivity index (χ1v) is 9.71. The fourth-order valence-electron chi connectivity index (χ4n) is 4.06. The van der Waals surface area contributed by atoms with E-state index < -0.39 is 6.10 Å². The number of β-amino-alcohol motifs (C(OH)–C–C–N with tert-alkyl or cyclic N) is 1. The first kappa shape index (κ1) is 21.3. The van der Waals surface area contributed by atoms with Gasteiger partial charge in [0.05, 0.1) is 23.8 Å². The molecule has 2 amide bonds. The normalized spacial score (nSPS) is 17.9. The van der Waals surface area contributed by atoms with E-state index in [9.17, 15) is 14.7 Å². The lowest BCUT2D eigenvalue weighted by Gasteiger charge is -2.37. The number of halogens is 1. The average molecular weight is 416 g/mol. The highest BCUT2D eigenvalue weighted by Gasteiger charge is 2.36. The maximum absolute atomic E-state index is 12.4. The molecule has 7 heteroatoms. The Bertz CT molecular complexity index is 861. The maximum Gasteiger partial charge on any atom is 0.261 e. The van der Waals surface area contributed by atoms with Gasteiger partial charge in [0.15, 0.2) is 0 Å². The van der Waals surface area contributed by atoms with Gasteiger partial charge in [0, 0.05) is 38.4 Å². The van der Waals surface area contributed by atoms with E-state index in [1.54, 1.807) is 24.3 Å². The average Bonchev–Trinajstić information content (AvgIpc) is 2.94. The Morgan fingerprint density at radius 3 is 2.00 bits per heavy atom. The fourth-order valence-corrected chi connectivity index (χ4v) is 4.06. The summed E-state index contributed by atoms with van der Waals surface area (Å²) in [4.78, 5) is 30.6. The van der Waals surface area contributed by atoms with Gasteiger partial charge in [0.1, 0.15) is 0 Å². The van der Waals surface area contributed by atoms with Gasteiger partial charge in [-0.25, -0.2) is 0 Å². The van der Waals surface area contributed by atoms with Crippen LogP contribution in [0.4, 0.5) is 5.69 Å². The van der Waals surface area contributed by atoms with E-state index in [2.05, 4.69) is 34.9 Å². The molecule has 29 heavy (non-hydrogen) atoms. The molecule has 1 N–H and O–H groups in total. The van der Waals surface area contributed by atoms with Crippen LogP contribution in [0.1, 0.15) is 26.3 Å². The molecular formula is C22H26ClN3O3. The minimum Gasteiger partial charge on any atom is -0.390 e. The molecule has 0 saturated carbocycles. The lowest BCUT2D eigenvalue weighted by atomic mass is 10.1. The number of imide groups is 1. The molecule has 1 fully saturated rings. The first-order valence-electron chi connectivity index (χ1n) is 9.71. The summed E-state index contributed by atoms with van der Waals surface area (Å²) in [7, 11) is 0. The maximum atomic E-state index is 12.4. The van der Waals surface area contributed by atoms with Gasteiger partial charge in [-0.2, -0.15) is 0 Å². The van der Waals surface area contributed by atoms with Gasteiger partial charge in [-0.1, -0.05) is 30.3 Å². The van der Waals surface area contributed by atoms with E-state index in [-0.39, 0.29) is 30.8 Å². The van der Waals surface area contributed by atoms with Crippen molar-refractivity contribution in [2.45, 2.75) is 13.0 Å². The standard InChI is InChI=1S/C22H25N3O3.ClH/c1-16-6-2-5-9-20(16)24-12-10-23(11-13-24)14-17(26)15-25-21(27)18-7-3-4-8-19(18)22(25)28;/h2-9,17,26H,10-15H2,1H3;1H. The van der Waals surface area contributed by atoms with E-state index in [0.29, 0.717) is 17.7 Å². The van der Waals surface area contributed by atoms with Gasteiger partial charge in [0.25, 0.3) is 11.8 Å². The number of aryl methyl sites for hydroxylation is 1. The van der Waals surface area contributed by atoms with Crippen molar-refractivity contribution in [3.05, 3.63) is 65.2 Å². The van der Waals surface area contributed by atoms with Crippen molar-refractivity contribution in [2.75, 3.05) is 44.2 Å². The molecule has 2 heterocycles. The second-order valence-electron chi connectivity index (χ2n) is 7.49. The van der Waals surface area contributed by atoms with Crippen molar-refractivity contribution >= 4 is 29.9 Å². The number of aliphatic hydroxyl groups excluding tert-OH is 1. The number of amides is 2. The SMILES string of the molecule is Cc1ccccc1N1CCN(CC(O)CN2C(=O)c3ccccc3C2=O)CC1.Cl. The van der Waals surface area contributed by atoms with Crippen LogP contribution >= 0.6 is 12.4 Å². The molecule has 2 aliphatic heterocycles. The van der Waals surface area contributed by atoms with Crippen molar-refractivity contribution < 1.29 is 14.7 Å². The Morgan fingerprint density at radius 2 is 1.41 bits per heavy atom. The van der Waals surface area contributed by atoms with Crippen LogP contribution in [0.15, 0.2) is 48.5 Å². The van der Waals surface area contributed by atoms with Crippen LogP contribution < -0.4 is 4.90 Å². The van der Waals surface area contributed by atoms with Crippen molar-refractivity contribution in [3.63, 3.8) is 0 Å². The second kappa shape index (κ2) is 8.95. The highest BCUT2D eigenvalue weighted by atomic mass is 35.5. The molecule has 2 aromatic rings. The molecule has 154 valence electrons. The summed E-state index contributed by atoms with van der Waals surface area (Å²) in [6, 6.07) is 15.2. The molecule has 2 aliphatic rings. The predicted octanol–water partition coefficient (Wildman–Crippen LogP) is 2.20. The molecule has 6 nitrogen and oxygen atoms in total. The molecule has 0 aromatic heterocycles. The number of piperazine rings is 1. The number of fused-ring (bicyclic) bond motifs is 1. The van der Waals surface area contributed by atoms with E-state index in [4.69, 9.17) is 0 Å². The summed E-state index contributed by atoms with van der Waals surface area (Å²) in [6.45, 7) is 6.07. The molecule has 0 radical (unpaired) electrons. The Kier molecular flexibility index (Phi) is 6.57. The molecule has 0 aliphatic carbocycles. The van der Waals surface area contributed by atoms with E-state index >= 15 is 0 Å². The van der Waals surface area contributed by atoms with Crippen LogP contribution in [0.2, 0.25) is 0 Å². The van der Waals surface area contributed by atoms with Crippen molar-refractivity contribution in [2.24, 2.45) is 0 Å². The molecule has 0 bridgehead atoms. The number of hydrogen-bond donors (Lipinski definition) is 1. The summed E-state index contributed by atoms with van der Waals surface area (Å²) >= 11 is 0. The van der Waals surface area contributed by atoms with Gasteiger partial charge in [0.2, 0.25) is 0 Å². The van der Waals surface area contributed by atoms with Gasteiger partial charge >= 0.3 is 0 Å². The van der Waals surface area contributed by atoms with E-state index in [0.717, 1.165) is 26.2 Å². The summed E-state index contributed by atoms with van der Waals surface area (Å²) in [5.74, 6) is -0.631. The quantitative estimate of drug-likeness (QED) is 0.758. The van der Waals surface area contributed by atoms with Crippen LogP contribution in [0.3, 0.4) is 0 Å². The predicted molar refractivity (Wildman–Crippen MR) is 115 cm³/mol. The molecule has 4 rings (SSSR count). The number of nitrogens with zero attached hydrogens (tertiary/aromatic N) is 3. The lowest BCUT2D eigenvalue weighted by molar-refractivity contribution is 0.0469. The van der Waals surface area contributed by atoms with Gasteiger partial charge in [-0.3, -0.25) is 19.4 Å². The molecule has 1 atom stereocenters. The topological polar surface area (TPSA) is 64.1 Å². The minimum atomic E-state index is -0.757. The number of rotatable bonds is 5. The van der Waals surface area contributed by atoms with Crippen LogP contribution in [-0.2, 0) is 0 Å². The zero-order valence-electron chi connectivity index (χ0n) is 16.5. The molecular weight excluding hydrogens is 390 g/mol. The molecule has 1 unspecified atom stereocenters. The summed E-state index contributed by atoms with van der Waals surface area (Å²) in [6.07, 6.45) is -0.757. The number of anilines is 1. The van der Waals surface area contributed by atoms with Gasteiger partial charge < -0.3 is 10.0 Å². The fraction of sp³-hybridized carbons (Fsp3) is 0.364. The van der Waals surface area contributed by atoms with Crippen molar-refractivity contribution in [1.82, 2.24) is 9.80 Å². The number of carbonyl (C=O) groups excluding carboxylic acids is 2. The van der Waals surface area contributed by atoms with Crippen LogP contribution in [0.5, 0.6) is 0 Å². The summed E-state index contributed by atoms with van der Waals surface area (Å²) in [5.41, 5.74) is 3.37. The Balaban J connectivity index is 0.00000240. The van der Waals surface area contributed by atoms with E-state index in [1.807, 2.05) is 6.07 Å². The van der Waals surface area contributed by atoms with Crippen LogP contribution in [0.25, 0.3) is 0 Å². The Hall–Kier alpha value is -2.41. The molecule has 1 saturated heterocycles. The third-order valence-corrected chi connectivity index (χ3v) is 5.57. The summed E-state index contributed by atoms with van der Waals surface area (Å²) < 4.78 is 0. The largest absolute Gasteiger partial charge is 0.390 e. The van der Waals surface area contributed by atoms with Crippen molar-refractivity contribution in [3.8, 4) is 0 Å².